The Kier molecular flexibility index (Phi) is 6.68. The van der Waals surface area contributed by atoms with E-state index < -0.39 is 7.55 Å². The maximum absolute atomic E-state index is 4.46. The molecule has 0 saturated heterocycles. The largest absolute Gasteiger partial charge is 0.135 e. The summed E-state index contributed by atoms with van der Waals surface area (Å²) in [6, 6.07) is 42.8. The highest BCUT2D eigenvalue weighted by Gasteiger charge is 2.13. The summed E-state index contributed by atoms with van der Waals surface area (Å²) >= 11 is 1.87. The van der Waals surface area contributed by atoms with E-state index in [0.717, 1.165) is 5.57 Å². The summed E-state index contributed by atoms with van der Waals surface area (Å²) in [6.45, 7) is 9.10. The Bertz CT molecular complexity index is 2680. The van der Waals surface area contributed by atoms with Crippen LogP contribution in [0.2, 0.25) is 0 Å². The van der Waals surface area contributed by atoms with Gasteiger partial charge in [-0.25, -0.2) is 0 Å². The van der Waals surface area contributed by atoms with Gasteiger partial charge in [0.15, 0.2) is 0 Å². The Balaban J connectivity index is 1.07. The molecule has 1 aliphatic heterocycles. The summed E-state index contributed by atoms with van der Waals surface area (Å²) in [5.41, 5.74) is 8.75. The molecule has 7 aromatic carbocycles. The molecule has 1 aliphatic rings. The van der Waals surface area contributed by atoms with Gasteiger partial charge in [0.1, 0.15) is 0 Å². The molecule has 0 nitrogen and oxygen atoms in total. The van der Waals surface area contributed by atoms with Gasteiger partial charge in [0, 0.05) is 20.2 Å². The number of benzene rings is 7. The predicted molar refractivity (Wildman–Crippen MR) is 216 cm³/mol. The van der Waals surface area contributed by atoms with E-state index in [9.17, 15) is 0 Å². The van der Waals surface area contributed by atoms with Crippen LogP contribution in [-0.4, -0.2) is 12.5 Å². The lowest BCUT2D eigenvalue weighted by molar-refractivity contribution is 1.47. The SMILES string of the molecule is C=C(/C=C\c1ccc2c(c1C)[PH](C)=CC=C2)c1ccc2c(c1)sc1cc(-c3ccc4c5ccccc5c5ccccc5c4c3)ccc12. The van der Waals surface area contributed by atoms with Gasteiger partial charge in [-0.2, -0.15) is 0 Å². The van der Waals surface area contributed by atoms with Gasteiger partial charge in [-0.3, -0.25) is 0 Å². The van der Waals surface area contributed by atoms with E-state index in [4.69, 9.17) is 0 Å². The summed E-state index contributed by atoms with van der Waals surface area (Å²) < 4.78 is 2.61. The van der Waals surface area contributed by atoms with Crippen molar-refractivity contribution < 1.29 is 0 Å². The second-order valence-corrected chi connectivity index (χ2v) is 16.0. The minimum atomic E-state index is -0.642. The number of fused-ring (bicyclic) bond motifs is 10. The molecule has 0 spiro atoms. The quantitative estimate of drug-likeness (QED) is 0.102. The molecule has 0 saturated carbocycles. The average molecular weight is 637 g/mol. The van der Waals surface area contributed by atoms with Crippen molar-refractivity contribution in [3.05, 3.63) is 156 Å². The Morgan fingerprint density at radius 2 is 1.23 bits per heavy atom. The van der Waals surface area contributed by atoms with Gasteiger partial charge in [-0.05, 0) is 108 Å². The van der Waals surface area contributed by atoms with Crippen LogP contribution in [0.1, 0.15) is 22.3 Å². The smallest absolute Gasteiger partial charge is 0.0361 e. The maximum Gasteiger partial charge on any atom is 0.0361 e. The second-order valence-electron chi connectivity index (χ2n) is 12.7. The molecule has 2 heteroatoms. The standard InChI is InChI=1S/C45H33PS/c1-28(14-15-30-16-17-31-9-8-24-46(3)45(31)29(30)2)32-18-22-40-41-23-20-34(27-44(41)47-43(40)26-32)33-19-21-39-37-12-5-4-10-35(37)36-11-6-7-13-38(36)42(39)25-33/h4-27,46H,1H2,2-3H3/b15-14-. The highest BCUT2D eigenvalue weighted by Crippen LogP contribution is 2.40. The van der Waals surface area contributed by atoms with Crippen molar-refractivity contribution in [1.82, 2.24) is 0 Å². The molecule has 1 unspecified atom stereocenters. The lowest BCUT2D eigenvalue weighted by Crippen LogP contribution is -2.11. The van der Waals surface area contributed by atoms with E-state index in [2.05, 4.69) is 166 Å². The van der Waals surface area contributed by atoms with Crippen LogP contribution in [-0.2, 0) is 0 Å². The van der Waals surface area contributed by atoms with Gasteiger partial charge >= 0.3 is 0 Å². The van der Waals surface area contributed by atoms with Crippen molar-refractivity contribution >= 4 is 100 Å². The van der Waals surface area contributed by atoms with E-state index in [1.807, 2.05) is 11.3 Å². The molecule has 9 rings (SSSR count). The first-order chi connectivity index (χ1) is 23.0. The number of thiophene rings is 1. The van der Waals surface area contributed by atoms with Gasteiger partial charge in [-0.15, -0.1) is 11.3 Å². The van der Waals surface area contributed by atoms with Crippen molar-refractivity contribution in [3.8, 4) is 11.1 Å². The van der Waals surface area contributed by atoms with Gasteiger partial charge in [-0.1, -0.05) is 141 Å². The van der Waals surface area contributed by atoms with Crippen molar-refractivity contribution in [1.29, 1.82) is 0 Å². The van der Waals surface area contributed by atoms with Gasteiger partial charge < -0.3 is 0 Å². The van der Waals surface area contributed by atoms with Crippen molar-refractivity contribution in [2.45, 2.75) is 6.92 Å². The summed E-state index contributed by atoms with van der Waals surface area (Å²) in [6.07, 6.45) is 8.87. The fourth-order valence-electron chi connectivity index (χ4n) is 7.50. The first-order valence-electron chi connectivity index (χ1n) is 16.2. The Morgan fingerprint density at radius 1 is 0.638 bits per heavy atom. The lowest BCUT2D eigenvalue weighted by Gasteiger charge is -2.16. The van der Waals surface area contributed by atoms with Crippen LogP contribution < -0.4 is 5.30 Å². The van der Waals surface area contributed by atoms with E-state index in [0.29, 0.717) is 0 Å². The molecule has 1 aromatic heterocycles. The summed E-state index contributed by atoms with van der Waals surface area (Å²) in [5, 5.41) is 12.0. The summed E-state index contributed by atoms with van der Waals surface area (Å²) in [4.78, 5) is 0. The zero-order valence-electron chi connectivity index (χ0n) is 26.5. The highest BCUT2D eigenvalue weighted by atomic mass is 32.1. The van der Waals surface area contributed by atoms with Crippen LogP contribution in [0.15, 0.2) is 134 Å². The Morgan fingerprint density at radius 3 is 1.96 bits per heavy atom. The third-order valence-corrected chi connectivity index (χ3v) is 13.2. The van der Waals surface area contributed by atoms with Crippen LogP contribution >= 0.6 is 18.9 Å². The molecular formula is C45H33PS. The van der Waals surface area contributed by atoms with Crippen LogP contribution in [0.3, 0.4) is 0 Å². The second kappa shape index (κ2) is 11.1. The van der Waals surface area contributed by atoms with Crippen LogP contribution in [0.5, 0.6) is 0 Å². The first kappa shape index (κ1) is 28.3. The van der Waals surface area contributed by atoms with Gasteiger partial charge in [0.05, 0.1) is 0 Å². The molecule has 8 aromatic rings. The lowest BCUT2D eigenvalue weighted by atomic mass is 9.92. The Labute approximate surface area is 280 Å². The van der Waals surface area contributed by atoms with Crippen molar-refractivity contribution in [2.24, 2.45) is 0 Å². The monoisotopic (exact) mass is 636 g/mol. The fourth-order valence-corrected chi connectivity index (χ4v) is 10.6. The molecule has 0 N–H and O–H groups in total. The van der Waals surface area contributed by atoms with E-state index in [-0.39, 0.29) is 0 Å². The van der Waals surface area contributed by atoms with E-state index in [1.54, 1.807) is 0 Å². The highest BCUT2D eigenvalue weighted by molar-refractivity contribution is 7.65. The van der Waals surface area contributed by atoms with Gasteiger partial charge in [0.2, 0.25) is 0 Å². The van der Waals surface area contributed by atoms with E-state index >= 15 is 0 Å². The average Bonchev–Trinajstić information content (AvgIpc) is 3.48. The zero-order valence-corrected chi connectivity index (χ0v) is 28.3. The molecule has 0 bridgehead atoms. The molecule has 224 valence electrons. The van der Waals surface area contributed by atoms with Crippen LogP contribution in [0.25, 0.3) is 81.3 Å². The summed E-state index contributed by atoms with van der Waals surface area (Å²) in [5.74, 6) is 2.38. The minimum absolute atomic E-state index is 0.642. The predicted octanol–water partition coefficient (Wildman–Crippen LogP) is 12.5. The maximum atomic E-state index is 4.46. The van der Waals surface area contributed by atoms with Crippen LogP contribution in [0, 0.1) is 6.92 Å². The topological polar surface area (TPSA) is 0 Å². The fraction of sp³-hybridized carbons (Fsp3) is 0.0444. The molecule has 0 amide bonds. The molecule has 0 fully saturated rings. The van der Waals surface area contributed by atoms with Gasteiger partial charge in [0.25, 0.3) is 0 Å². The summed E-state index contributed by atoms with van der Waals surface area (Å²) in [7, 11) is -0.642. The minimum Gasteiger partial charge on any atom is -0.135 e. The number of rotatable bonds is 4. The molecule has 47 heavy (non-hydrogen) atoms. The van der Waals surface area contributed by atoms with Crippen molar-refractivity contribution in [3.63, 3.8) is 0 Å². The van der Waals surface area contributed by atoms with Crippen molar-refractivity contribution in [2.75, 3.05) is 6.66 Å². The third kappa shape index (κ3) is 4.65. The Hall–Kier alpha value is -4.94. The molecular weight excluding hydrogens is 604 g/mol. The normalized spacial score (nSPS) is 14.5. The van der Waals surface area contributed by atoms with Crippen LogP contribution in [0.4, 0.5) is 0 Å². The molecule has 2 heterocycles. The zero-order chi connectivity index (χ0) is 31.6. The number of hydrogen-bond donors (Lipinski definition) is 0. The molecule has 1 atom stereocenters. The first-order valence-corrected chi connectivity index (χ1v) is 19.1. The molecule has 0 aliphatic carbocycles. The number of hydrogen-bond acceptors (Lipinski definition) is 1. The molecule has 0 radical (unpaired) electrons. The third-order valence-electron chi connectivity index (χ3n) is 9.94. The van der Waals surface area contributed by atoms with E-state index in [1.165, 1.54) is 91.2 Å². The number of allylic oxidation sites excluding steroid dienone is 3.